The molecular weight excluding hydrogens is 334 g/mol. The molecule has 0 N–H and O–H groups in total. The van der Waals surface area contributed by atoms with Gasteiger partial charge in [0.25, 0.3) is 0 Å². The van der Waals surface area contributed by atoms with Crippen LogP contribution in [0.1, 0.15) is 49.3 Å². The molecule has 142 valence electrons. The van der Waals surface area contributed by atoms with E-state index in [9.17, 15) is 4.79 Å². The molecule has 0 atom stereocenters. The Kier molecular flexibility index (Phi) is 6.44. The van der Waals surface area contributed by atoms with E-state index in [1.807, 2.05) is 31.2 Å². The summed E-state index contributed by atoms with van der Waals surface area (Å²) in [7, 11) is 0. The lowest BCUT2D eigenvalue weighted by molar-refractivity contribution is -0.156. The maximum Gasteiger partial charge on any atom is 0.312 e. The Bertz CT molecular complexity index is 785. The number of carbonyl (C=O) groups excluding carboxylic acids is 1. The standard InChI is InChI=1S/C24H29NO2/c1-3-27-23(26)24(17-21-12-8-7-9-19(21)2)15-13-22(14-16-24)25-18-20-10-5-4-6-11-20/h4-12H,3,13-18H2,1-2H3. The third-order valence-electron chi connectivity index (χ3n) is 5.61. The summed E-state index contributed by atoms with van der Waals surface area (Å²) in [6.45, 7) is 5.16. The number of nitrogens with zero attached hydrogens (tertiary/aromatic N) is 1. The first-order chi connectivity index (χ1) is 13.1. The summed E-state index contributed by atoms with van der Waals surface area (Å²) in [5.74, 6) is -0.0460. The van der Waals surface area contributed by atoms with E-state index in [0.717, 1.165) is 38.6 Å². The first kappa shape index (κ1) is 19.3. The van der Waals surface area contributed by atoms with E-state index >= 15 is 0 Å². The van der Waals surface area contributed by atoms with Crippen molar-refractivity contribution in [3.05, 3.63) is 71.3 Å². The number of ether oxygens (including phenoxy) is 1. The van der Waals surface area contributed by atoms with Crippen LogP contribution >= 0.6 is 0 Å². The fraction of sp³-hybridized carbons (Fsp3) is 0.417. The molecule has 0 amide bonds. The third-order valence-corrected chi connectivity index (χ3v) is 5.61. The van der Waals surface area contributed by atoms with Crippen LogP contribution in [0.25, 0.3) is 0 Å². The molecule has 1 saturated carbocycles. The van der Waals surface area contributed by atoms with Crippen LogP contribution in [-0.2, 0) is 22.5 Å². The van der Waals surface area contributed by atoms with Crippen LogP contribution in [0.15, 0.2) is 59.6 Å². The van der Waals surface area contributed by atoms with E-state index in [1.54, 1.807) is 0 Å². The lowest BCUT2D eigenvalue weighted by Gasteiger charge is -2.36. The zero-order valence-corrected chi connectivity index (χ0v) is 16.4. The summed E-state index contributed by atoms with van der Waals surface area (Å²) in [4.78, 5) is 17.7. The Morgan fingerprint density at radius 3 is 2.37 bits per heavy atom. The van der Waals surface area contributed by atoms with Gasteiger partial charge in [-0.25, -0.2) is 0 Å². The Labute approximate surface area is 162 Å². The molecule has 0 bridgehead atoms. The highest BCUT2D eigenvalue weighted by Gasteiger charge is 2.42. The van der Waals surface area contributed by atoms with Gasteiger partial charge in [-0.1, -0.05) is 54.6 Å². The summed E-state index contributed by atoms with van der Waals surface area (Å²) in [5.41, 5.74) is 4.52. The second kappa shape index (κ2) is 8.98. The smallest absolute Gasteiger partial charge is 0.312 e. The SMILES string of the molecule is CCOC(=O)C1(Cc2ccccc2C)CCC(=NCc2ccccc2)CC1. The fourth-order valence-corrected chi connectivity index (χ4v) is 3.87. The van der Waals surface area contributed by atoms with Gasteiger partial charge in [0.1, 0.15) is 0 Å². The van der Waals surface area contributed by atoms with Gasteiger partial charge in [-0.15, -0.1) is 0 Å². The lowest BCUT2D eigenvalue weighted by Crippen LogP contribution is -2.39. The highest BCUT2D eigenvalue weighted by molar-refractivity contribution is 5.88. The van der Waals surface area contributed by atoms with Crippen LogP contribution in [0.3, 0.4) is 0 Å². The minimum Gasteiger partial charge on any atom is -0.466 e. The third kappa shape index (κ3) is 4.85. The molecule has 3 heteroatoms. The van der Waals surface area contributed by atoms with Crippen LogP contribution in [0.5, 0.6) is 0 Å². The van der Waals surface area contributed by atoms with E-state index in [-0.39, 0.29) is 5.97 Å². The molecule has 0 heterocycles. The number of benzene rings is 2. The summed E-state index contributed by atoms with van der Waals surface area (Å²) < 4.78 is 5.48. The zero-order valence-electron chi connectivity index (χ0n) is 16.4. The van der Waals surface area contributed by atoms with Crippen molar-refractivity contribution < 1.29 is 9.53 Å². The molecule has 1 aliphatic rings. The van der Waals surface area contributed by atoms with Crippen molar-refractivity contribution in [2.45, 2.75) is 52.5 Å². The van der Waals surface area contributed by atoms with Crippen molar-refractivity contribution in [1.82, 2.24) is 0 Å². The summed E-state index contributed by atoms with van der Waals surface area (Å²) >= 11 is 0. The maximum absolute atomic E-state index is 12.9. The van der Waals surface area contributed by atoms with Gasteiger partial charge in [-0.05, 0) is 62.6 Å². The van der Waals surface area contributed by atoms with Crippen molar-refractivity contribution in [2.24, 2.45) is 10.4 Å². The molecule has 3 rings (SSSR count). The molecule has 0 unspecified atom stereocenters. The van der Waals surface area contributed by atoms with E-state index in [0.29, 0.717) is 6.61 Å². The largest absolute Gasteiger partial charge is 0.466 e. The van der Waals surface area contributed by atoms with E-state index < -0.39 is 5.41 Å². The van der Waals surface area contributed by atoms with Crippen LogP contribution in [0.4, 0.5) is 0 Å². The average molecular weight is 364 g/mol. The fourth-order valence-electron chi connectivity index (χ4n) is 3.87. The van der Waals surface area contributed by atoms with Crippen molar-refractivity contribution in [2.75, 3.05) is 6.61 Å². The first-order valence-electron chi connectivity index (χ1n) is 9.91. The van der Waals surface area contributed by atoms with Crippen molar-refractivity contribution >= 4 is 11.7 Å². The molecular formula is C24H29NO2. The molecule has 2 aromatic carbocycles. The van der Waals surface area contributed by atoms with Crippen LogP contribution in [0.2, 0.25) is 0 Å². The monoisotopic (exact) mass is 363 g/mol. The topological polar surface area (TPSA) is 38.7 Å². The highest BCUT2D eigenvalue weighted by Crippen LogP contribution is 2.40. The number of aliphatic imine (C=N–C) groups is 1. The quantitative estimate of drug-likeness (QED) is 0.653. The Morgan fingerprint density at radius 1 is 1.04 bits per heavy atom. The molecule has 1 fully saturated rings. The number of aryl methyl sites for hydroxylation is 1. The lowest BCUT2D eigenvalue weighted by atomic mass is 9.69. The van der Waals surface area contributed by atoms with Gasteiger partial charge in [-0.3, -0.25) is 9.79 Å². The number of esters is 1. The van der Waals surface area contributed by atoms with E-state index in [2.05, 4.69) is 37.3 Å². The van der Waals surface area contributed by atoms with Gasteiger partial charge in [0.15, 0.2) is 0 Å². The van der Waals surface area contributed by atoms with Crippen LogP contribution in [-0.4, -0.2) is 18.3 Å². The van der Waals surface area contributed by atoms with E-state index in [1.165, 1.54) is 22.4 Å². The van der Waals surface area contributed by atoms with Crippen molar-refractivity contribution in [1.29, 1.82) is 0 Å². The summed E-state index contributed by atoms with van der Waals surface area (Å²) in [6, 6.07) is 18.7. The molecule has 27 heavy (non-hydrogen) atoms. The summed E-state index contributed by atoms with van der Waals surface area (Å²) in [6.07, 6.45) is 4.13. The molecule has 0 radical (unpaired) electrons. The van der Waals surface area contributed by atoms with Gasteiger partial charge >= 0.3 is 5.97 Å². The number of hydrogen-bond acceptors (Lipinski definition) is 3. The number of hydrogen-bond donors (Lipinski definition) is 0. The first-order valence-corrected chi connectivity index (χ1v) is 9.91. The van der Waals surface area contributed by atoms with Gasteiger partial charge in [0, 0.05) is 5.71 Å². The Morgan fingerprint density at radius 2 is 1.70 bits per heavy atom. The zero-order chi connectivity index (χ0) is 19.1. The Balaban J connectivity index is 1.72. The Hall–Kier alpha value is -2.42. The molecule has 2 aromatic rings. The van der Waals surface area contributed by atoms with Gasteiger partial charge in [0.2, 0.25) is 0 Å². The maximum atomic E-state index is 12.9. The van der Waals surface area contributed by atoms with Gasteiger partial charge < -0.3 is 4.74 Å². The molecule has 1 aliphatic carbocycles. The van der Waals surface area contributed by atoms with E-state index in [4.69, 9.17) is 9.73 Å². The van der Waals surface area contributed by atoms with Gasteiger partial charge in [-0.2, -0.15) is 0 Å². The minimum absolute atomic E-state index is 0.0460. The van der Waals surface area contributed by atoms with Crippen LogP contribution < -0.4 is 0 Å². The molecule has 0 spiro atoms. The molecule has 0 saturated heterocycles. The predicted octanol–water partition coefficient (Wildman–Crippen LogP) is 5.30. The number of carbonyl (C=O) groups is 1. The van der Waals surface area contributed by atoms with Crippen molar-refractivity contribution in [3.8, 4) is 0 Å². The minimum atomic E-state index is -0.423. The van der Waals surface area contributed by atoms with Gasteiger partial charge in [0.05, 0.1) is 18.6 Å². The summed E-state index contributed by atoms with van der Waals surface area (Å²) in [5, 5.41) is 0. The van der Waals surface area contributed by atoms with Crippen molar-refractivity contribution in [3.63, 3.8) is 0 Å². The molecule has 0 aliphatic heterocycles. The molecule has 0 aromatic heterocycles. The average Bonchev–Trinajstić information content (AvgIpc) is 2.70. The second-order valence-corrected chi connectivity index (χ2v) is 7.47. The predicted molar refractivity (Wildman–Crippen MR) is 110 cm³/mol. The normalized spacial score (nSPS) is 19.6. The van der Waals surface area contributed by atoms with Crippen LogP contribution in [0, 0.1) is 12.3 Å². The highest BCUT2D eigenvalue weighted by atomic mass is 16.5. The second-order valence-electron chi connectivity index (χ2n) is 7.47. The molecule has 3 nitrogen and oxygen atoms in total. The number of rotatable bonds is 6.